The quantitative estimate of drug-likeness (QED) is 0.322. The molecule has 0 saturated carbocycles. The van der Waals surface area contributed by atoms with E-state index < -0.39 is 29.1 Å². The van der Waals surface area contributed by atoms with E-state index in [2.05, 4.69) is 4.98 Å². The van der Waals surface area contributed by atoms with Gasteiger partial charge in [-0.05, 0) is 43.2 Å². The van der Waals surface area contributed by atoms with Crippen molar-refractivity contribution in [3.8, 4) is 11.4 Å². The normalized spacial score (nSPS) is 12.7. The summed E-state index contributed by atoms with van der Waals surface area (Å²) in [6.45, 7) is 3.45. The number of hydrogen-bond acceptors (Lipinski definition) is 4. The molecule has 0 aliphatic rings. The zero-order valence-electron chi connectivity index (χ0n) is 20.4. The average Bonchev–Trinajstić information content (AvgIpc) is 2.83. The van der Waals surface area contributed by atoms with Crippen molar-refractivity contribution in [2.24, 2.45) is 0 Å². The molecule has 4 aromatic rings. The zero-order chi connectivity index (χ0) is 28.0. The predicted octanol–water partition coefficient (Wildman–Crippen LogP) is 5.91. The summed E-state index contributed by atoms with van der Waals surface area (Å²) in [7, 11) is 1.44. The molecule has 4 rings (SSSR count). The number of halogens is 6. The summed E-state index contributed by atoms with van der Waals surface area (Å²) < 4.78 is 86.7. The van der Waals surface area contributed by atoms with Gasteiger partial charge in [-0.25, -0.2) is 4.98 Å². The average molecular weight is 536 g/mol. The fourth-order valence-corrected chi connectivity index (χ4v) is 4.54. The van der Waals surface area contributed by atoms with Crippen molar-refractivity contribution in [2.45, 2.75) is 38.2 Å². The molecule has 1 N–H and O–H groups in total. The zero-order valence-corrected chi connectivity index (χ0v) is 20.4. The maximum Gasteiger partial charge on any atom is 0.430 e. The van der Waals surface area contributed by atoms with Crippen molar-refractivity contribution < 1.29 is 36.2 Å². The van der Waals surface area contributed by atoms with Crippen LogP contribution in [0.3, 0.4) is 0 Å². The van der Waals surface area contributed by atoms with Crippen LogP contribution in [0.25, 0.3) is 16.6 Å². The molecule has 0 saturated heterocycles. The number of aromatic nitrogens is 2. The highest BCUT2D eigenvalue weighted by Gasteiger charge is 2.71. The molecule has 3 aromatic carbocycles. The standard InChI is InChI=1S/C27H22F6N2O3/c1-15-13-20-22(16(2)23(15)38-3)24(36)35(21(34-20)14-17-7-5-4-6-8-17)19-11-9-18(10-12-19)25(37,26(28,29)30)27(31,32)33/h4-13,37H,14H2,1-3H3. The van der Waals surface area contributed by atoms with E-state index in [9.17, 15) is 36.2 Å². The van der Waals surface area contributed by atoms with Crippen LogP contribution in [-0.4, -0.2) is 34.1 Å². The number of rotatable bonds is 5. The van der Waals surface area contributed by atoms with E-state index >= 15 is 0 Å². The lowest BCUT2D eigenvalue weighted by molar-refractivity contribution is -0.376. The molecule has 0 fully saturated rings. The van der Waals surface area contributed by atoms with Crippen LogP contribution in [0.4, 0.5) is 26.3 Å². The fraction of sp³-hybridized carbons (Fsp3) is 0.259. The van der Waals surface area contributed by atoms with E-state index in [0.717, 1.165) is 27.8 Å². The van der Waals surface area contributed by atoms with Gasteiger partial charge in [0.25, 0.3) is 11.2 Å². The van der Waals surface area contributed by atoms with E-state index in [-0.39, 0.29) is 23.3 Å². The van der Waals surface area contributed by atoms with Gasteiger partial charge in [0, 0.05) is 17.5 Å². The second-order valence-electron chi connectivity index (χ2n) is 8.83. The molecule has 1 aromatic heterocycles. The molecule has 0 bridgehead atoms. The Kier molecular flexibility index (Phi) is 6.77. The SMILES string of the molecule is COc1c(C)cc2nc(Cc3ccccc3)n(-c3ccc(C(O)(C(F)(F)F)C(F)(F)F)cc3)c(=O)c2c1C. The molecule has 0 amide bonds. The van der Waals surface area contributed by atoms with Crippen LogP contribution in [0.1, 0.15) is 28.1 Å². The highest BCUT2D eigenvalue weighted by molar-refractivity contribution is 5.85. The van der Waals surface area contributed by atoms with Gasteiger partial charge in [0.05, 0.1) is 23.7 Å². The second kappa shape index (κ2) is 9.46. The number of methoxy groups -OCH3 is 1. The first kappa shape index (κ1) is 27.2. The predicted molar refractivity (Wildman–Crippen MR) is 129 cm³/mol. The van der Waals surface area contributed by atoms with Crippen LogP contribution >= 0.6 is 0 Å². The van der Waals surface area contributed by atoms with E-state index in [1.165, 1.54) is 7.11 Å². The third-order valence-electron chi connectivity index (χ3n) is 6.38. The first-order chi connectivity index (χ1) is 17.7. The largest absolute Gasteiger partial charge is 0.496 e. The number of alkyl halides is 6. The fourth-order valence-electron chi connectivity index (χ4n) is 4.54. The lowest BCUT2D eigenvalue weighted by atomic mass is 9.92. The molecule has 11 heteroatoms. The third kappa shape index (κ3) is 4.40. The molecular weight excluding hydrogens is 514 g/mol. The van der Waals surface area contributed by atoms with Gasteiger partial charge in [0.2, 0.25) is 0 Å². The molecular formula is C27H22F6N2O3. The Labute approximate surface area is 212 Å². The van der Waals surface area contributed by atoms with Crippen LogP contribution in [0.2, 0.25) is 0 Å². The summed E-state index contributed by atoms with van der Waals surface area (Å²) in [4.78, 5) is 18.5. The van der Waals surface area contributed by atoms with E-state index in [1.807, 2.05) is 0 Å². The minimum Gasteiger partial charge on any atom is -0.496 e. The van der Waals surface area contributed by atoms with Gasteiger partial charge in [-0.1, -0.05) is 42.5 Å². The van der Waals surface area contributed by atoms with Gasteiger partial charge in [-0.15, -0.1) is 0 Å². The molecule has 1 heterocycles. The van der Waals surface area contributed by atoms with Gasteiger partial charge < -0.3 is 9.84 Å². The monoisotopic (exact) mass is 536 g/mol. The minimum atomic E-state index is -6.03. The van der Waals surface area contributed by atoms with Gasteiger partial charge in [-0.2, -0.15) is 26.3 Å². The third-order valence-corrected chi connectivity index (χ3v) is 6.38. The van der Waals surface area contributed by atoms with Gasteiger partial charge in [0.15, 0.2) is 0 Å². The molecule has 200 valence electrons. The Hall–Kier alpha value is -3.86. The van der Waals surface area contributed by atoms with Crippen molar-refractivity contribution >= 4 is 10.9 Å². The van der Waals surface area contributed by atoms with Gasteiger partial charge in [0.1, 0.15) is 11.6 Å². The molecule has 38 heavy (non-hydrogen) atoms. The Bertz CT molecular complexity index is 1530. The van der Waals surface area contributed by atoms with Crippen molar-refractivity contribution in [3.05, 3.63) is 99.1 Å². The van der Waals surface area contributed by atoms with Crippen molar-refractivity contribution in [3.63, 3.8) is 0 Å². The number of benzene rings is 3. The summed E-state index contributed by atoms with van der Waals surface area (Å²) in [5, 5.41) is 9.93. The topological polar surface area (TPSA) is 64.3 Å². The Morgan fingerprint density at radius 1 is 0.921 bits per heavy atom. The number of aliphatic hydroxyl groups is 1. The highest BCUT2D eigenvalue weighted by atomic mass is 19.4. The molecule has 0 spiro atoms. The molecule has 0 aliphatic heterocycles. The molecule has 5 nitrogen and oxygen atoms in total. The van der Waals surface area contributed by atoms with Crippen molar-refractivity contribution in [1.82, 2.24) is 9.55 Å². The van der Waals surface area contributed by atoms with Gasteiger partial charge in [-0.3, -0.25) is 9.36 Å². The number of nitrogens with zero attached hydrogens (tertiary/aromatic N) is 2. The first-order valence-electron chi connectivity index (χ1n) is 11.3. The number of aryl methyl sites for hydroxylation is 2. The number of hydrogen-bond donors (Lipinski definition) is 1. The van der Waals surface area contributed by atoms with Crippen molar-refractivity contribution in [2.75, 3.05) is 7.11 Å². The van der Waals surface area contributed by atoms with Crippen molar-refractivity contribution in [1.29, 1.82) is 0 Å². The van der Waals surface area contributed by atoms with Gasteiger partial charge >= 0.3 is 12.4 Å². The minimum absolute atomic E-state index is 0.0234. The van der Waals surface area contributed by atoms with Crippen LogP contribution in [0, 0.1) is 13.8 Å². The Morgan fingerprint density at radius 2 is 1.50 bits per heavy atom. The second-order valence-corrected chi connectivity index (χ2v) is 8.83. The van der Waals surface area contributed by atoms with Crippen LogP contribution in [0.15, 0.2) is 65.5 Å². The van der Waals surface area contributed by atoms with E-state index in [1.54, 1.807) is 50.2 Å². The smallest absolute Gasteiger partial charge is 0.430 e. The van der Waals surface area contributed by atoms with E-state index in [4.69, 9.17) is 4.74 Å². The van der Waals surface area contributed by atoms with Crippen LogP contribution < -0.4 is 10.3 Å². The highest BCUT2D eigenvalue weighted by Crippen LogP contribution is 2.50. The maximum absolute atomic E-state index is 13.8. The summed E-state index contributed by atoms with van der Waals surface area (Å²) >= 11 is 0. The van der Waals surface area contributed by atoms with Crippen LogP contribution in [-0.2, 0) is 12.0 Å². The lowest BCUT2D eigenvalue weighted by Crippen LogP contribution is -2.53. The van der Waals surface area contributed by atoms with E-state index in [0.29, 0.717) is 29.0 Å². The lowest BCUT2D eigenvalue weighted by Gasteiger charge is -2.32. The summed E-state index contributed by atoms with van der Waals surface area (Å²) in [6, 6.07) is 13.5. The Balaban J connectivity index is 1.98. The number of ether oxygens (including phenoxy) is 1. The summed E-state index contributed by atoms with van der Waals surface area (Å²) in [6.07, 6.45) is -11.9. The molecule has 0 atom stereocenters. The first-order valence-corrected chi connectivity index (χ1v) is 11.3. The number of fused-ring (bicyclic) bond motifs is 1. The maximum atomic E-state index is 13.8. The Morgan fingerprint density at radius 3 is 2.03 bits per heavy atom. The van der Waals surface area contributed by atoms with Crippen LogP contribution in [0.5, 0.6) is 5.75 Å². The molecule has 0 radical (unpaired) electrons. The summed E-state index contributed by atoms with van der Waals surface area (Å²) in [5.74, 6) is 0.668. The molecule has 0 unspecified atom stereocenters. The summed E-state index contributed by atoms with van der Waals surface area (Å²) in [5.41, 5.74) is -4.75. The molecule has 0 aliphatic carbocycles.